The molecule has 16 nitrogen and oxygen atoms in total. The summed E-state index contributed by atoms with van der Waals surface area (Å²) in [7, 11) is 4.66. The largest absolute Gasteiger partial charge is 0.465 e. The van der Waals surface area contributed by atoms with E-state index in [0.29, 0.717) is 57.1 Å². The summed E-state index contributed by atoms with van der Waals surface area (Å²) in [6.45, 7) is 33.4. The minimum Gasteiger partial charge on any atom is -0.465 e. The van der Waals surface area contributed by atoms with Gasteiger partial charge in [-0.3, -0.25) is 19.2 Å². The second-order valence-electron chi connectivity index (χ2n) is 20.1. The molecule has 0 atom stereocenters. The van der Waals surface area contributed by atoms with Gasteiger partial charge >= 0.3 is 23.9 Å². The molecule has 0 heterocycles. The van der Waals surface area contributed by atoms with Gasteiger partial charge in [0.15, 0.2) is 45.4 Å². The highest BCUT2D eigenvalue weighted by molar-refractivity contribution is 6.26. The van der Waals surface area contributed by atoms with Crippen LogP contribution in [0.15, 0.2) is 133 Å². The normalized spacial score (nSPS) is 12.4. The van der Waals surface area contributed by atoms with Crippen molar-refractivity contribution in [3.05, 3.63) is 113 Å². The van der Waals surface area contributed by atoms with Crippen LogP contribution in [0.25, 0.3) is 0 Å². The Morgan fingerprint density at radius 1 is 0.346 bits per heavy atom. The first kappa shape index (κ1) is 70.3. The third-order valence-corrected chi connectivity index (χ3v) is 11.8. The van der Waals surface area contributed by atoms with E-state index in [0.717, 1.165) is 36.5 Å². The van der Waals surface area contributed by atoms with Gasteiger partial charge in [-0.25, -0.2) is 39.1 Å². The molecule has 0 amide bonds. The Labute approximate surface area is 462 Å². The van der Waals surface area contributed by atoms with Gasteiger partial charge < -0.3 is 18.9 Å². The fourth-order valence-electron chi connectivity index (χ4n) is 6.68. The van der Waals surface area contributed by atoms with Crippen molar-refractivity contribution in [2.24, 2.45) is 43.6 Å². The second-order valence-corrected chi connectivity index (χ2v) is 20.1. The molecule has 0 aromatic heterocycles. The number of esters is 4. The molecule has 0 aliphatic heterocycles. The van der Waals surface area contributed by atoms with Crippen molar-refractivity contribution in [3.63, 3.8) is 0 Å². The third kappa shape index (κ3) is 21.7. The van der Waals surface area contributed by atoms with Crippen molar-refractivity contribution in [3.8, 4) is 0 Å². The summed E-state index contributed by atoms with van der Waals surface area (Å²) in [4.78, 5) is 122. The summed E-state index contributed by atoms with van der Waals surface area (Å²) in [6.07, 6.45) is 6.40. The van der Waals surface area contributed by atoms with Crippen LogP contribution in [0.2, 0.25) is 0 Å². The number of rotatable bonds is 26. The smallest absolute Gasteiger partial charge is 0.351 e. The first-order valence-electron chi connectivity index (χ1n) is 25.5. The van der Waals surface area contributed by atoms with E-state index >= 15 is 0 Å². The van der Waals surface area contributed by atoms with Crippen LogP contribution >= 0.6 is 0 Å². The molecule has 0 aromatic carbocycles. The Kier molecular flexibility index (Phi) is 30.8. The summed E-state index contributed by atoms with van der Waals surface area (Å²) < 4.78 is 19.6. The lowest BCUT2D eigenvalue weighted by Crippen LogP contribution is -2.19. The van der Waals surface area contributed by atoms with Crippen LogP contribution in [-0.4, -0.2) is 98.9 Å². The summed E-state index contributed by atoms with van der Waals surface area (Å²) in [5, 5.41) is 0. The molecule has 0 radical (unpaired) electrons. The maximum absolute atomic E-state index is 13.3. The number of Topliss-reactive ketones (excluding diaryl/α,β-unsaturated/α-hetero) is 4. The monoisotopic (exact) mass is 1070 g/mol. The lowest BCUT2D eigenvalue weighted by atomic mass is 9.99. The molecule has 0 aromatic rings. The van der Waals surface area contributed by atoms with Crippen LogP contribution in [0.4, 0.5) is 0 Å². The number of allylic oxidation sites excluding steroid dienone is 12. The molecule has 0 saturated heterocycles. The second kappa shape index (κ2) is 34.1. The highest BCUT2D eigenvalue weighted by Gasteiger charge is 2.26. The van der Waals surface area contributed by atoms with Crippen molar-refractivity contribution in [1.29, 1.82) is 0 Å². The summed E-state index contributed by atoms with van der Waals surface area (Å²) in [5.74, 6) is 2.97. The standard InChI is InChI=1S/C62H82N4O12/c1-34(2)46(19)54(66-33-50(62(74)78-23)58(70)39(11)12)45(18)29-28-44(17)53(65-32-49(61(73)77-22)57(69)38(9)10)43(16)27-26-42(15)52(64-31-48(60(72)76-21)56(68)37(7)8)41(14)25-24-40(13)51(35(3)4)63-30-47(59(71)75-20)55(67)36(5)6/h24,26,28,36-39H,25,27,29H2,1-23H3. The maximum atomic E-state index is 13.3. The van der Waals surface area contributed by atoms with Crippen LogP contribution in [0, 0.1) is 23.7 Å². The summed E-state index contributed by atoms with van der Waals surface area (Å²) in [5.41, 5.74) is 6.80. The number of carbonyl (C=O) groups is 8. The fraction of sp³-hybridized carbons (Fsp3) is 0.484. The first-order chi connectivity index (χ1) is 36.3. The minimum absolute atomic E-state index is 0.218. The Balaban J connectivity index is 8.81. The van der Waals surface area contributed by atoms with Crippen molar-refractivity contribution in [2.75, 3.05) is 28.4 Å². The highest BCUT2D eigenvalue weighted by atomic mass is 16.5. The zero-order valence-electron chi connectivity index (χ0n) is 50.4. The van der Waals surface area contributed by atoms with Crippen LogP contribution in [-0.2, 0) is 57.3 Å². The molecule has 78 heavy (non-hydrogen) atoms. The molecular weight excluding hydrogens is 993 g/mol. The van der Waals surface area contributed by atoms with Gasteiger partial charge in [0.2, 0.25) is 0 Å². The van der Waals surface area contributed by atoms with Crippen molar-refractivity contribution in [1.82, 2.24) is 0 Å². The van der Waals surface area contributed by atoms with E-state index in [1.165, 1.54) is 14.2 Å². The number of ether oxygens (including phenoxy) is 4. The molecule has 0 bridgehead atoms. The average molecular weight is 1080 g/mol. The van der Waals surface area contributed by atoms with Gasteiger partial charge in [0.05, 0.1) is 51.2 Å². The SMILES string of the molecule is COC(=O)C(=C=NC(C(C)=CCC(C)=C(N=C=C(C(=O)OC)C(=O)C(C)C)C(C)=CCC(C)=C(N=C=C(C(=O)OC)C(=O)C(C)C)C(C)=CCC(C)=C(N=C=C(C(=O)OC)C(=O)C(C)C)C(C)=C(C)C)=C(C)C)C(=O)C(C)C. The molecule has 422 valence electrons. The molecule has 0 unspecified atom stereocenters. The number of hydrogen-bond acceptors (Lipinski definition) is 16. The molecule has 0 saturated carbocycles. The molecular formula is C62H82N4O12. The van der Waals surface area contributed by atoms with E-state index in [2.05, 4.69) is 43.4 Å². The first-order valence-corrected chi connectivity index (χ1v) is 25.5. The highest BCUT2D eigenvalue weighted by Crippen LogP contribution is 2.28. The zero-order chi connectivity index (χ0) is 60.5. The number of nitrogens with zero attached hydrogens (tertiary/aromatic N) is 4. The molecule has 16 heteroatoms. The van der Waals surface area contributed by atoms with Crippen molar-refractivity contribution < 1.29 is 57.3 Å². The molecule has 0 spiro atoms. The van der Waals surface area contributed by atoms with E-state index in [9.17, 15) is 38.4 Å². The fourth-order valence-corrected chi connectivity index (χ4v) is 6.68. The number of aliphatic imine (C=N–C) groups is 4. The van der Waals surface area contributed by atoms with Gasteiger partial charge in [-0.2, -0.15) is 0 Å². The Morgan fingerprint density at radius 2 is 0.564 bits per heavy atom. The van der Waals surface area contributed by atoms with Gasteiger partial charge in [-0.15, -0.1) is 0 Å². The van der Waals surface area contributed by atoms with Gasteiger partial charge in [-0.1, -0.05) is 79.2 Å². The van der Waals surface area contributed by atoms with Crippen molar-refractivity contribution >= 4 is 70.5 Å². The third-order valence-electron chi connectivity index (χ3n) is 11.8. The van der Waals surface area contributed by atoms with Crippen LogP contribution in [0.5, 0.6) is 0 Å². The average Bonchev–Trinajstić information content (AvgIpc) is 3.39. The molecule has 0 N–H and O–H groups in total. The van der Waals surface area contributed by atoms with Crippen molar-refractivity contribution in [2.45, 2.75) is 151 Å². The number of methoxy groups -OCH3 is 4. The van der Waals surface area contributed by atoms with Gasteiger partial charge in [0, 0.05) is 47.2 Å². The van der Waals surface area contributed by atoms with E-state index in [1.54, 1.807) is 62.3 Å². The molecule has 0 fully saturated rings. The number of carbonyl (C=O) groups excluding carboxylic acids is 8. The Hall–Kier alpha value is -7.72. The maximum Gasteiger partial charge on any atom is 0.351 e. The summed E-state index contributed by atoms with van der Waals surface area (Å²) >= 11 is 0. The number of hydrogen-bond donors (Lipinski definition) is 0. The predicted octanol–water partition coefficient (Wildman–Crippen LogP) is 11.4. The Morgan fingerprint density at radius 3 is 0.782 bits per heavy atom. The van der Waals surface area contributed by atoms with Crippen LogP contribution < -0.4 is 0 Å². The summed E-state index contributed by atoms with van der Waals surface area (Å²) in [6, 6.07) is 0. The minimum atomic E-state index is -0.907. The molecule has 0 rings (SSSR count). The lowest BCUT2D eigenvalue weighted by Gasteiger charge is -2.12. The van der Waals surface area contributed by atoms with Crippen LogP contribution in [0.1, 0.15) is 151 Å². The molecule has 0 aliphatic rings. The predicted molar refractivity (Wildman–Crippen MR) is 307 cm³/mol. The Bertz CT molecular complexity index is 2930. The van der Waals surface area contributed by atoms with E-state index in [-0.39, 0.29) is 35.1 Å². The van der Waals surface area contributed by atoms with Gasteiger partial charge in [0.25, 0.3) is 0 Å². The van der Waals surface area contributed by atoms with Gasteiger partial charge in [-0.05, 0) is 140 Å². The quantitative estimate of drug-likeness (QED) is 0.0150. The van der Waals surface area contributed by atoms with E-state index < -0.39 is 70.7 Å². The zero-order valence-corrected chi connectivity index (χ0v) is 50.4. The lowest BCUT2D eigenvalue weighted by molar-refractivity contribution is -0.139. The topological polar surface area (TPSA) is 223 Å². The molecule has 0 aliphatic carbocycles. The van der Waals surface area contributed by atoms with Gasteiger partial charge in [0.1, 0.15) is 0 Å². The van der Waals surface area contributed by atoms with Crippen LogP contribution in [0.3, 0.4) is 0 Å². The number of ketones is 4. The van der Waals surface area contributed by atoms with E-state index in [4.69, 9.17) is 18.9 Å². The van der Waals surface area contributed by atoms with E-state index in [1.807, 2.05) is 87.5 Å².